The van der Waals surface area contributed by atoms with E-state index in [1.54, 1.807) is 25.2 Å². The Bertz CT molecular complexity index is 1090. The number of hydrogen-bond donors (Lipinski definition) is 3. The van der Waals surface area contributed by atoms with Crippen molar-refractivity contribution in [2.24, 2.45) is 10.9 Å². The van der Waals surface area contributed by atoms with Gasteiger partial charge < -0.3 is 25.4 Å². The molecule has 0 saturated carbocycles. The van der Waals surface area contributed by atoms with Crippen molar-refractivity contribution in [3.05, 3.63) is 64.2 Å². The van der Waals surface area contributed by atoms with Crippen LogP contribution in [0.1, 0.15) is 49.2 Å². The number of nitrogens with one attached hydrogen (secondary N) is 3. The second-order valence-corrected chi connectivity index (χ2v) is 9.81. The summed E-state index contributed by atoms with van der Waals surface area (Å²) in [7, 11) is 1.54. The number of amides is 3. The van der Waals surface area contributed by atoms with Crippen molar-refractivity contribution < 1.29 is 19.1 Å². The molecular weight excluding hydrogens is 480 g/mol. The van der Waals surface area contributed by atoms with E-state index >= 15 is 0 Å². The lowest BCUT2D eigenvalue weighted by Crippen LogP contribution is -2.46. The van der Waals surface area contributed by atoms with E-state index in [2.05, 4.69) is 34.8 Å². The molecule has 1 aliphatic heterocycles. The zero-order valence-electron chi connectivity index (χ0n) is 21.4. The number of benzene rings is 2. The summed E-state index contributed by atoms with van der Waals surface area (Å²) in [5.41, 5.74) is 2.33. The summed E-state index contributed by atoms with van der Waals surface area (Å²) in [5.74, 6) is 1.32. The number of aliphatic imine (C=N–C) groups is 1. The van der Waals surface area contributed by atoms with Crippen LogP contribution >= 0.6 is 11.6 Å². The minimum absolute atomic E-state index is 0.0299. The van der Waals surface area contributed by atoms with Gasteiger partial charge in [0.05, 0.1) is 23.2 Å². The van der Waals surface area contributed by atoms with Gasteiger partial charge in [-0.1, -0.05) is 37.6 Å². The lowest BCUT2D eigenvalue weighted by Gasteiger charge is -2.20. The van der Waals surface area contributed by atoms with Gasteiger partial charge in [-0.2, -0.15) is 0 Å². The van der Waals surface area contributed by atoms with Crippen molar-refractivity contribution in [1.82, 2.24) is 16.0 Å². The van der Waals surface area contributed by atoms with Crippen molar-refractivity contribution in [1.29, 1.82) is 0 Å². The summed E-state index contributed by atoms with van der Waals surface area (Å²) in [6.45, 7) is 8.93. The van der Waals surface area contributed by atoms with Crippen molar-refractivity contribution in [2.45, 2.75) is 52.3 Å². The molecule has 3 N–H and O–H groups in total. The van der Waals surface area contributed by atoms with Crippen LogP contribution < -0.4 is 20.7 Å². The average molecular weight is 515 g/mol. The highest BCUT2D eigenvalue weighted by molar-refractivity contribution is 6.32. The van der Waals surface area contributed by atoms with Crippen LogP contribution in [0.15, 0.2) is 47.5 Å². The van der Waals surface area contributed by atoms with Gasteiger partial charge in [-0.25, -0.2) is 9.79 Å². The predicted octanol–water partition coefficient (Wildman–Crippen LogP) is 4.20. The average Bonchev–Trinajstić information content (AvgIpc) is 3.34. The van der Waals surface area contributed by atoms with E-state index in [1.807, 2.05) is 38.1 Å². The highest BCUT2D eigenvalue weighted by atomic mass is 35.5. The summed E-state index contributed by atoms with van der Waals surface area (Å²) in [6, 6.07) is 12.3. The molecule has 0 spiro atoms. The molecule has 8 nitrogen and oxygen atoms in total. The molecule has 2 aromatic rings. The van der Waals surface area contributed by atoms with Crippen LogP contribution in [0.4, 0.5) is 4.79 Å². The first-order chi connectivity index (χ1) is 17.2. The largest absolute Gasteiger partial charge is 0.489 e. The van der Waals surface area contributed by atoms with Crippen LogP contribution in [0.3, 0.4) is 0 Å². The molecule has 0 fully saturated rings. The smallest absolute Gasteiger partial charge is 0.314 e. The van der Waals surface area contributed by atoms with E-state index in [0.717, 1.165) is 11.1 Å². The quantitative estimate of drug-likeness (QED) is 0.442. The summed E-state index contributed by atoms with van der Waals surface area (Å²) >= 11 is 6.31. The molecule has 0 saturated heterocycles. The molecule has 0 aliphatic carbocycles. The van der Waals surface area contributed by atoms with Gasteiger partial charge in [0.15, 0.2) is 0 Å². The SMILES string of the molecule is CNC(=O)NCC(Cc1ccc(C2=NC(C(C)C)CO2)cc1)NC(=O)c1ccc(OC(C)C)c(Cl)c1. The third-order valence-corrected chi connectivity index (χ3v) is 6.05. The Morgan fingerprint density at radius 1 is 1.14 bits per heavy atom. The molecule has 1 heterocycles. The zero-order chi connectivity index (χ0) is 26.2. The van der Waals surface area contributed by atoms with Gasteiger partial charge in [-0.15, -0.1) is 0 Å². The number of nitrogens with zero attached hydrogens (tertiary/aromatic N) is 1. The van der Waals surface area contributed by atoms with Gasteiger partial charge >= 0.3 is 6.03 Å². The summed E-state index contributed by atoms with van der Waals surface area (Å²) in [5, 5.41) is 8.67. The number of carbonyl (C=O) groups excluding carboxylic acids is 2. The Labute approximate surface area is 217 Å². The molecule has 194 valence electrons. The van der Waals surface area contributed by atoms with E-state index in [-0.39, 0.29) is 36.7 Å². The minimum atomic E-state index is -0.351. The number of carbonyl (C=O) groups is 2. The van der Waals surface area contributed by atoms with Crippen LogP contribution in [0.2, 0.25) is 5.02 Å². The number of hydrogen-bond acceptors (Lipinski definition) is 5. The van der Waals surface area contributed by atoms with Gasteiger partial charge in [0.1, 0.15) is 12.4 Å². The van der Waals surface area contributed by atoms with Crippen molar-refractivity contribution >= 4 is 29.4 Å². The maximum atomic E-state index is 13.0. The van der Waals surface area contributed by atoms with Crippen LogP contribution in [-0.4, -0.2) is 56.2 Å². The molecule has 0 radical (unpaired) electrons. The second-order valence-electron chi connectivity index (χ2n) is 9.40. The highest BCUT2D eigenvalue weighted by Gasteiger charge is 2.23. The monoisotopic (exact) mass is 514 g/mol. The van der Waals surface area contributed by atoms with Crippen LogP contribution in [0.5, 0.6) is 5.75 Å². The predicted molar refractivity (Wildman–Crippen MR) is 142 cm³/mol. The fraction of sp³-hybridized carbons (Fsp3) is 0.444. The van der Waals surface area contributed by atoms with Gasteiger partial charge in [-0.05, 0) is 62.1 Å². The lowest BCUT2D eigenvalue weighted by atomic mass is 10.0. The molecular formula is C27H35ClN4O4. The normalized spacial score (nSPS) is 15.8. The molecule has 3 amide bonds. The molecule has 2 atom stereocenters. The summed E-state index contributed by atoms with van der Waals surface area (Å²) < 4.78 is 11.4. The third-order valence-electron chi connectivity index (χ3n) is 5.75. The molecule has 0 aromatic heterocycles. The molecule has 2 aromatic carbocycles. The first kappa shape index (κ1) is 27.3. The maximum Gasteiger partial charge on any atom is 0.314 e. The van der Waals surface area contributed by atoms with Gasteiger partial charge in [0, 0.05) is 24.7 Å². The van der Waals surface area contributed by atoms with Gasteiger partial charge in [0.2, 0.25) is 5.90 Å². The van der Waals surface area contributed by atoms with Crippen molar-refractivity contribution in [3.8, 4) is 5.75 Å². The number of halogens is 1. The van der Waals surface area contributed by atoms with E-state index in [9.17, 15) is 9.59 Å². The van der Waals surface area contributed by atoms with E-state index < -0.39 is 0 Å². The Morgan fingerprint density at radius 3 is 2.44 bits per heavy atom. The number of rotatable bonds is 10. The Balaban J connectivity index is 1.70. The fourth-order valence-electron chi connectivity index (χ4n) is 3.70. The number of ether oxygens (including phenoxy) is 2. The first-order valence-corrected chi connectivity index (χ1v) is 12.6. The molecule has 36 heavy (non-hydrogen) atoms. The zero-order valence-corrected chi connectivity index (χ0v) is 22.2. The number of urea groups is 1. The molecule has 9 heteroatoms. The maximum absolute atomic E-state index is 13.0. The van der Waals surface area contributed by atoms with E-state index in [1.165, 1.54) is 0 Å². The Morgan fingerprint density at radius 2 is 1.86 bits per heavy atom. The Hall–Kier alpha value is -3.26. The molecule has 3 rings (SSSR count). The van der Waals surface area contributed by atoms with Crippen LogP contribution in [0.25, 0.3) is 0 Å². The van der Waals surface area contributed by atoms with Gasteiger partial charge in [-0.3, -0.25) is 4.79 Å². The van der Waals surface area contributed by atoms with Crippen LogP contribution in [-0.2, 0) is 11.2 Å². The van der Waals surface area contributed by atoms with Crippen LogP contribution in [0, 0.1) is 5.92 Å². The molecule has 2 unspecified atom stereocenters. The minimum Gasteiger partial charge on any atom is -0.489 e. The first-order valence-electron chi connectivity index (χ1n) is 12.2. The molecule has 0 bridgehead atoms. The van der Waals surface area contributed by atoms with E-state index in [0.29, 0.717) is 41.2 Å². The summed E-state index contributed by atoms with van der Waals surface area (Å²) in [6.07, 6.45) is 0.484. The van der Waals surface area contributed by atoms with Crippen molar-refractivity contribution in [3.63, 3.8) is 0 Å². The molecule has 1 aliphatic rings. The highest BCUT2D eigenvalue weighted by Crippen LogP contribution is 2.26. The topological polar surface area (TPSA) is 101 Å². The second kappa shape index (κ2) is 12.6. The van der Waals surface area contributed by atoms with Gasteiger partial charge in [0.25, 0.3) is 5.91 Å². The van der Waals surface area contributed by atoms with Crippen molar-refractivity contribution in [2.75, 3.05) is 20.2 Å². The third kappa shape index (κ3) is 7.62. The van der Waals surface area contributed by atoms with E-state index in [4.69, 9.17) is 21.1 Å². The lowest BCUT2D eigenvalue weighted by molar-refractivity contribution is 0.0936. The Kier molecular flexibility index (Phi) is 9.58. The fourth-order valence-corrected chi connectivity index (χ4v) is 3.92. The summed E-state index contributed by atoms with van der Waals surface area (Å²) in [4.78, 5) is 29.4. The standard InChI is InChI=1S/C27H35ClN4O4/c1-16(2)23-15-35-26(32-23)19-8-6-18(7-9-19)12-21(14-30-27(34)29-5)31-25(33)20-10-11-24(22(28)13-20)36-17(3)4/h6-11,13,16-17,21,23H,12,14-15H2,1-5H3,(H,31,33)(H2,29,30,34).